The van der Waals surface area contributed by atoms with E-state index in [9.17, 15) is 14.7 Å². The predicted octanol–water partition coefficient (Wildman–Crippen LogP) is 1.28. The minimum Gasteiger partial charge on any atom is -0.465 e. The van der Waals surface area contributed by atoms with Crippen molar-refractivity contribution in [3.8, 4) is 0 Å². The molecule has 5 nitrogen and oxygen atoms in total. The van der Waals surface area contributed by atoms with Crippen LogP contribution in [0, 0.1) is 11.8 Å². The topological polar surface area (TPSA) is 72.8 Å². The van der Waals surface area contributed by atoms with Crippen LogP contribution in [0.15, 0.2) is 0 Å². The summed E-state index contributed by atoms with van der Waals surface area (Å²) in [5.41, 5.74) is -1.40. The zero-order valence-corrected chi connectivity index (χ0v) is 11.3. The lowest BCUT2D eigenvalue weighted by Crippen LogP contribution is -2.46. The minimum atomic E-state index is -1.40. The van der Waals surface area contributed by atoms with Gasteiger partial charge >= 0.3 is 11.9 Å². The number of carbonyl (C=O) groups is 2. The van der Waals surface area contributed by atoms with E-state index in [1.165, 1.54) is 6.92 Å². The van der Waals surface area contributed by atoms with Crippen molar-refractivity contribution in [1.82, 2.24) is 0 Å². The van der Waals surface area contributed by atoms with Crippen LogP contribution in [-0.2, 0) is 19.1 Å². The Balaban J connectivity index is 2.79. The first-order chi connectivity index (χ1) is 8.42. The molecule has 1 atom stereocenters. The lowest BCUT2D eigenvalue weighted by atomic mass is 9.84. The van der Waals surface area contributed by atoms with E-state index in [1.54, 1.807) is 13.8 Å². The van der Waals surface area contributed by atoms with Crippen molar-refractivity contribution in [2.75, 3.05) is 13.2 Å². The normalized spacial score (nSPS) is 18.3. The third-order valence-corrected chi connectivity index (χ3v) is 3.07. The molecule has 0 aromatic carbocycles. The number of ether oxygens (including phenoxy) is 2. The first-order valence-corrected chi connectivity index (χ1v) is 6.48. The molecule has 1 unspecified atom stereocenters. The average Bonchev–Trinajstić information content (AvgIpc) is 3.01. The highest BCUT2D eigenvalue weighted by atomic mass is 16.6. The summed E-state index contributed by atoms with van der Waals surface area (Å²) in [6, 6.07) is 0. The van der Waals surface area contributed by atoms with Crippen molar-refractivity contribution < 1.29 is 24.2 Å². The molecule has 0 saturated heterocycles. The van der Waals surface area contributed by atoms with Gasteiger partial charge in [-0.1, -0.05) is 12.8 Å². The van der Waals surface area contributed by atoms with Gasteiger partial charge in [0.2, 0.25) is 0 Å². The van der Waals surface area contributed by atoms with Crippen LogP contribution in [0.1, 0.15) is 40.0 Å². The van der Waals surface area contributed by atoms with Gasteiger partial charge in [-0.3, -0.25) is 9.59 Å². The van der Waals surface area contributed by atoms with E-state index < -0.39 is 23.5 Å². The van der Waals surface area contributed by atoms with E-state index in [0.29, 0.717) is 12.3 Å². The van der Waals surface area contributed by atoms with Crippen molar-refractivity contribution in [3.05, 3.63) is 0 Å². The Morgan fingerprint density at radius 1 is 1.22 bits per heavy atom. The van der Waals surface area contributed by atoms with Crippen LogP contribution in [0.25, 0.3) is 0 Å². The summed E-state index contributed by atoms with van der Waals surface area (Å²) in [7, 11) is 0. The SMILES string of the molecule is CCOC(=O)C(C(=O)OCC)C(C)(O)CC1CC1. The summed E-state index contributed by atoms with van der Waals surface area (Å²) >= 11 is 0. The monoisotopic (exact) mass is 258 g/mol. The molecule has 1 aliphatic carbocycles. The van der Waals surface area contributed by atoms with E-state index >= 15 is 0 Å². The van der Waals surface area contributed by atoms with Gasteiger partial charge in [-0.2, -0.15) is 0 Å². The quantitative estimate of drug-likeness (QED) is 0.550. The second kappa shape index (κ2) is 6.18. The lowest BCUT2D eigenvalue weighted by molar-refractivity contribution is -0.174. The molecule has 1 aliphatic rings. The van der Waals surface area contributed by atoms with Crippen LogP contribution in [0.5, 0.6) is 0 Å². The molecular formula is C13H22O5. The Morgan fingerprint density at radius 2 is 1.67 bits per heavy atom. The molecule has 1 saturated carbocycles. The Kier molecular flexibility index (Phi) is 5.14. The number of rotatable bonds is 7. The molecule has 0 aromatic heterocycles. The second-order valence-electron chi connectivity index (χ2n) is 4.94. The number of hydrogen-bond acceptors (Lipinski definition) is 5. The third-order valence-electron chi connectivity index (χ3n) is 3.07. The maximum absolute atomic E-state index is 11.8. The van der Waals surface area contributed by atoms with Crippen LogP contribution in [0.4, 0.5) is 0 Å². The first kappa shape index (κ1) is 15.0. The predicted molar refractivity (Wildman–Crippen MR) is 64.7 cm³/mol. The summed E-state index contributed by atoms with van der Waals surface area (Å²) in [5.74, 6) is -2.27. The number of hydrogen-bond donors (Lipinski definition) is 1. The molecule has 104 valence electrons. The van der Waals surface area contributed by atoms with Crippen molar-refractivity contribution in [2.24, 2.45) is 11.8 Å². The molecule has 1 N–H and O–H groups in total. The highest BCUT2D eigenvalue weighted by Gasteiger charge is 2.47. The van der Waals surface area contributed by atoms with Gasteiger partial charge in [0.15, 0.2) is 5.92 Å². The van der Waals surface area contributed by atoms with E-state index in [1.807, 2.05) is 0 Å². The largest absolute Gasteiger partial charge is 0.465 e. The Bertz CT molecular complexity index is 289. The van der Waals surface area contributed by atoms with Crippen LogP contribution < -0.4 is 0 Å². The molecule has 0 aliphatic heterocycles. The fourth-order valence-electron chi connectivity index (χ4n) is 2.08. The van der Waals surface area contributed by atoms with E-state index in [-0.39, 0.29) is 13.2 Å². The first-order valence-electron chi connectivity index (χ1n) is 6.48. The summed E-state index contributed by atoms with van der Waals surface area (Å²) in [6.45, 7) is 5.18. The summed E-state index contributed by atoms with van der Waals surface area (Å²) < 4.78 is 9.72. The molecule has 0 radical (unpaired) electrons. The van der Waals surface area contributed by atoms with Crippen LogP contribution in [0.3, 0.4) is 0 Å². The van der Waals surface area contributed by atoms with Crippen molar-refractivity contribution >= 4 is 11.9 Å². The van der Waals surface area contributed by atoms with Gasteiger partial charge in [0, 0.05) is 0 Å². The highest BCUT2D eigenvalue weighted by Crippen LogP contribution is 2.39. The van der Waals surface area contributed by atoms with E-state index in [0.717, 1.165) is 12.8 Å². The lowest BCUT2D eigenvalue weighted by Gasteiger charge is -2.29. The van der Waals surface area contributed by atoms with E-state index in [2.05, 4.69) is 0 Å². The fourth-order valence-corrected chi connectivity index (χ4v) is 2.08. The fraction of sp³-hybridized carbons (Fsp3) is 0.846. The van der Waals surface area contributed by atoms with Crippen molar-refractivity contribution in [1.29, 1.82) is 0 Å². The van der Waals surface area contributed by atoms with Gasteiger partial charge in [0.25, 0.3) is 0 Å². The van der Waals surface area contributed by atoms with Gasteiger partial charge in [-0.05, 0) is 33.1 Å². The molecule has 0 aromatic rings. The molecule has 0 bridgehead atoms. The zero-order chi connectivity index (χ0) is 13.8. The average molecular weight is 258 g/mol. The summed E-state index contributed by atoms with van der Waals surface area (Å²) in [5, 5.41) is 10.4. The number of aliphatic hydroxyl groups is 1. The van der Waals surface area contributed by atoms with Gasteiger partial charge < -0.3 is 14.6 Å². The van der Waals surface area contributed by atoms with Gasteiger partial charge in [-0.25, -0.2) is 0 Å². The Hall–Kier alpha value is -1.10. The van der Waals surface area contributed by atoms with Crippen LogP contribution in [-0.4, -0.2) is 35.9 Å². The molecule has 1 rings (SSSR count). The van der Waals surface area contributed by atoms with Gasteiger partial charge in [-0.15, -0.1) is 0 Å². The smallest absolute Gasteiger partial charge is 0.323 e. The summed E-state index contributed by atoms with van der Waals surface area (Å²) in [4.78, 5) is 23.7. The molecule has 5 heteroatoms. The summed E-state index contributed by atoms with van der Waals surface area (Å²) in [6.07, 6.45) is 2.50. The molecule has 0 spiro atoms. The number of esters is 2. The molecule has 18 heavy (non-hydrogen) atoms. The molecule has 0 amide bonds. The van der Waals surface area contributed by atoms with Gasteiger partial charge in [0.05, 0.1) is 18.8 Å². The standard InChI is InChI=1S/C13H22O5/c1-4-17-11(14)10(12(15)18-5-2)13(3,16)8-9-6-7-9/h9-10,16H,4-8H2,1-3H3. The van der Waals surface area contributed by atoms with Gasteiger partial charge in [0.1, 0.15) is 0 Å². The Morgan fingerprint density at radius 3 is 2.00 bits per heavy atom. The Labute approximate surface area is 107 Å². The van der Waals surface area contributed by atoms with Crippen molar-refractivity contribution in [2.45, 2.75) is 45.6 Å². The van der Waals surface area contributed by atoms with Crippen molar-refractivity contribution in [3.63, 3.8) is 0 Å². The number of carbonyl (C=O) groups excluding carboxylic acids is 2. The zero-order valence-electron chi connectivity index (χ0n) is 11.3. The maximum Gasteiger partial charge on any atom is 0.323 e. The van der Waals surface area contributed by atoms with Crippen LogP contribution >= 0.6 is 0 Å². The highest BCUT2D eigenvalue weighted by molar-refractivity contribution is 5.96. The third kappa shape index (κ3) is 3.98. The minimum absolute atomic E-state index is 0.175. The second-order valence-corrected chi connectivity index (χ2v) is 4.94. The molecule has 0 heterocycles. The molecule has 1 fully saturated rings. The van der Waals surface area contributed by atoms with E-state index in [4.69, 9.17) is 9.47 Å². The van der Waals surface area contributed by atoms with Crippen LogP contribution in [0.2, 0.25) is 0 Å². The maximum atomic E-state index is 11.8. The molecular weight excluding hydrogens is 236 g/mol.